The van der Waals surface area contributed by atoms with Crippen molar-refractivity contribution in [2.75, 3.05) is 6.54 Å². The molecule has 0 aliphatic rings. The molecule has 0 saturated carbocycles. The summed E-state index contributed by atoms with van der Waals surface area (Å²) >= 11 is 0. The quantitative estimate of drug-likeness (QED) is 0.449. The Morgan fingerprint density at radius 3 is 2.90 bits per heavy atom. The number of nitrogens with two attached hydrogens (primary N) is 1. The van der Waals surface area contributed by atoms with E-state index in [4.69, 9.17) is 16.9 Å². The molecule has 7 nitrogen and oxygen atoms in total. The predicted molar refractivity (Wildman–Crippen MR) is 72.9 cm³/mol. The van der Waals surface area contributed by atoms with Crippen LogP contribution in [0.15, 0.2) is 18.2 Å². The molecule has 106 valence electrons. The number of nitrogens with one attached hydrogen (secondary N) is 1. The van der Waals surface area contributed by atoms with Crippen molar-refractivity contribution in [3.8, 4) is 18.1 Å². The molecule has 0 fully saturated rings. The van der Waals surface area contributed by atoms with Gasteiger partial charge < -0.3 is 15.8 Å². The van der Waals surface area contributed by atoms with Crippen LogP contribution in [-0.4, -0.2) is 23.5 Å². The first-order valence-electron chi connectivity index (χ1n) is 5.84. The van der Waals surface area contributed by atoms with Crippen LogP contribution >= 0.6 is 0 Å². The molecule has 1 rings (SSSR count). The van der Waals surface area contributed by atoms with Gasteiger partial charge in [-0.15, -0.1) is 6.42 Å². The van der Waals surface area contributed by atoms with Gasteiger partial charge in [0.25, 0.3) is 5.91 Å². The fourth-order valence-corrected chi connectivity index (χ4v) is 1.46. The molecule has 0 radical (unpaired) electrons. The van der Waals surface area contributed by atoms with Gasteiger partial charge in [-0.05, 0) is 18.6 Å². The van der Waals surface area contributed by atoms with E-state index in [0.717, 1.165) is 0 Å². The fraction of sp³-hybridized carbons (Fsp3) is 0.308. The van der Waals surface area contributed by atoms with Gasteiger partial charge in [0.05, 0.1) is 11.5 Å². The summed E-state index contributed by atoms with van der Waals surface area (Å²) < 4.78 is 5.30. The zero-order valence-electron chi connectivity index (χ0n) is 11.0. The molecule has 0 spiro atoms. The minimum atomic E-state index is -0.897. The van der Waals surface area contributed by atoms with E-state index in [1.165, 1.54) is 19.1 Å². The minimum Gasteiger partial charge on any atom is -0.474 e. The van der Waals surface area contributed by atoms with Crippen molar-refractivity contribution >= 4 is 11.6 Å². The third-order valence-corrected chi connectivity index (χ3v) is 2.49. The lowest BCUT2D eigenvalue weighted by Crippen LogP contribution is -2.36. The Kier molecular flexibility index (Phi) is 5.50. The highest BCUT2D eigenvalue weighted by atomic mass is 16.6. The Morgan fingerprint density at radius 2 is 2.35 bits per heavy atom. The maximum absolute atomic E-state index is 11.6. The molecule has 0 aliphatic carbocycles. The van der Waals surface area contributed by atoms with Gasteiger partial charge in [-0.3, -0.25) is 14.9 Å². The summed E-state index contributed by atoms with van der Waals surface area (Å²) in [6.45, 7) is 1.73. The Hall–Kier alpha value is -2.59. The smallest absolute Gasteiger partial charge is 0.311 e. The number of amides is 1. The maximum atomic E-state index is 11.6. The number of carbonyl (C=O) groups is 1. The monoisotopic (exact) mass is 277 g/mol. The van der Waals surface area contributed by atoms with E-state index in [0.29, 0.717) is 5.56 Å². The first-order valence-corrected chi connectivity index (χ1v) is 5.84. The van der Waals surface area contributed by atoms with Gasteiger partial charge in [-0.1, -0.05) is 12.0 Å². The number of hydrogen-bond acceptors (Lipinski definition) is 5. The summed E-state index contributed by atoms with van der Waals surface area (Å²) in [5.41, 5.74) is 5.80. The number of terminal acetylenes is 1. The molecule has 0 bridgehead atoms. The maximum Gasteiger partial charge on any atom is 0.311 e. The lowest BCUT2D eigenvalue weighted by Gasteiger charge is -2.14. The number of nitro benzene ring substituents is 1. The third kappa shape index (κ3) is 3.96. The van der Waals surface area contributed by atoms with E-state index in [1.54, 1.807) is 6.07 Å². The number of hydrogen-bond donors (Lipinski definition) is 2. The number of rotatable bonds is 6. The van der Waals surface area contributed by atoms with Crippen LogP contribution in [0, 0.1) is 22.5 Å². The van der Waals surface area contributed by atoms with Gasteiger partial charge in [0.15, 0.2) is 11.9 Å². The topological polar surface area (TPSA) is 107 Å². The molecule has 0 saturated heterocycles. The zero-order chi connectivity index (χ0) is 15.1. The third-order valence-electron chi connectivity index (χ3n) is 2.49. The molecule has 1 aromatic rings. The molecule has 0 aliphatic heterocycles. The molecule has 3 N–H and O–H groups in total. The van der Waals surface area contributed by atoms with Crippen LogP contribution in [0.3, 0.4) is 0 Å². The first-order chi connectivity index (χ1) is 9.49. The van der Waals surface area contributed by atoms with Crippen molar-refractivity contribution in [1.29, 1.82) is 0 Å². The molecule has 0 heterocycles. The number of benzene rings is 1. The summed E-state index contributed by atoms with van der Waals surface area (Å²) in [4.78, 5) is 22.0. The molecular formula is C13H15N3O4. The number of nitrogens with zero attached hydrogens (tertiary/aromatic N) is 1. The SMILES string of the molecule is C#CCNC(=O)C(C)Oc1ccc(CN)cc1[N+](=O)[O-]. The molecule has 0 aromatic heterocycles. The Bertz CT molecular complexity index is 551. The Balaban J connectivity index is 2.89. The van der Waals surface area contributed by atoms with Gasteiger partial charge in [0.2, 0.25) is 0 Å². The van der Waals surface area contributed by atoms with Gasteiger partial charge in [0, 0.05) is 12.6 Å². The van der Waals surface area contributed by atoms with Gasteiger partial charge >= 0.3 is 5.69 Å². The van der Waals surface area contributed by atoms with Crippen molar-refractivity contribution in [1.82, 2.24) is 5.32 Å². The van der Waals surface area contributed by atoms with Crippen molar-refractivity contribution in [2.24, 2.45) is 5.73 Å². The van der Waals surface area contributed by atoms with E-state index in [1.807, 2.05) is 0 Å². The second-order valence-electron chi connectivity index (χ2n) is 3.95. The predicted octanol–water partition coefficient (Wildman–Crippen LogP) is 0.570. The number of ether oxygens (including phenoxy) is 1. The summed E-state index contributed by atoms with van der Waals surface area (Å²) in [5.74, 6) is 1.82. The van der Waals surface area contributed by atoms with Crippen LogP contribution < -0.4 is 15.8 Å². The lowest BCUT2D eigenvalue weighted by molar-refractivity contribution is -0.386. The van der Waals surface area contributed by atoms with Gasteiger partial charge in [-0.2, -0.15) is 0 Å². The zero-order valence-corrected chi connectivity index (χ0v) is 11.0. The minimum absolute atomic E-state index is 0.00978. The van der Waals surface area contributed by atoms with E-state index < -0.39 is 16.9 Å². The summed E-state index contributed by atoms with van der Waals surface area (Å²) in [5, 5.41) is 13.4. The van der Waals surface area contributed by atoms with Crippen LogP contribution in [0.25, 0.3) is 0 Å². The summed E-state index contributed by atoms with van der Waals surface area (Å²) in [7, 11) is 0. The van der Waals surface area contributed by atoms with Gasteiger partial charge in [0.1, 0.15) is 0 Å². The number of carbonyl (C=O) groups excluding carboxylic acids is 1. The summed E-state index contributed by atoms with van der Waals surface area (Å²) in [6.07, 6.45) is 4.12. The lowest BCUT2D eigenvalue weighted by atomic mass is 10.2. The summed E-state index contributed by atoms with van der Waals surface area (Å²) in [6, 6.07) is 4.35. The van der Waals surface area contributed by atoms with E-state index >= 15 is 0 Å². The molecule has 1 unspecified atom stereocenters. The van der Waals surface area contributed by atoms with Crippen molar-refractivity contribution < 1.29 is 14.5 Å². The molecular weight excluding hydrogens is 262 g/mol. The largest absolute Gasteiger partial charge is 0.474 e. The molecule has 7 heteroatoms. The van der Waals surface area contributed by atoms with Crippen molar-refractivity contribution in [3.05, 3.63) is 33.9 Å². The van der Waals surface area contributed by atoms with Crippen LogP contribution in [-0.2, 0) is 11.3 Å². The van der Waals surface area contributed by atoms with Crippen molar-refractivity contribution in [2.45, 2.75) is 19.6 Å². The van der Waals surface area contributed by atoms with Crippen LogP contribution in [0.5, 0.6) is 5.75 Å². The van der Waals surface area contributed by atoms with Crippen LogP contribution in [0.2, 0.25) is 0 Å². The van der Waals surface area contributed by atoms with Crippen molar-refractivity contribution in [3.63, 3.8) is 0 Å². The second-order valence-corrected chi connectivity index (χ2v) is 3.95. The fourth-order valence-electron chi connectivity index (χ4n) is 1.46. The second kappa shape index (κ2) is 7.11. The number of nitro groups is 1. The highest BCUT2D eigenvalue weighted by molar-refractivity contribution is 5.81. The first kappa shape index (κ1) is 15.5. The van der Waals surface area contributed by atoms with E-state index in [2.05, 4.69) is 11.2 Å². The molecule has 1 atom stereocenters. The molecule has 1 amide bonds. The van der Waals surface area contributed by atoms with E-state index in [9.17, 15) is 14.9 Å². The Labute approximate surface area is 116 Å². The van der Waals surface area contributed by atoms with Crippen LogP contribution in [0.4, 0.5) is 5.69 Å². The highest BCUT2D eigenvalue weighted by Gasteiger charge is 2.21. The molecule has 20 heavy (non-hydrogen) atoms. The van der Waals surface area contributed by atoms with Crippen LogP contribution in [0.1, 0.15) is 12.5 Å². The van der Waals surface area contributed by atoms with Gasteiger partial charge in [-0.25, -0.2) is 0 Å². The molecule has 1 aromatic carbocycles. The highest BCUT2D eigenvalue weighted by Crippen LogP contribution is 2.28. The standard InChI is InChI=1S/C13H15N3O4/c1-3-6-15-13(17)9(2)20-12-5-4-10(8-14)7-11(12)16(18)19/h1,4-5,7,9H,6,8,14H2,2H3,(H,15,17). The average Bonchev–Trinajstić information content (AvgIpc) is 2.44. The average molecular weight is 277 g/mol. The Morgan fingerprint density at radius 1 is 1.65 bits per heavy atom. The normalized spacial score (nSPS) is 11.2. The van der Waals surface area contributed by atoms with E-state index in [-0.39, 0.29) is 24.5 Å².